The molecule has 0 bridgehead atoms. The van der Waals surface area contributed by atoms with Crippen molar-refractivity contribution in [1.82, 2.24) is 10.4 Å². The molecule has 1 aromatic heterocycles. The third-order valence-electron chi connectivity index (χ3n) is 3.24. The Balaban J connectivity index is 2.60. The maximum atomic E-state index is 5.75. The van der Waals surface area contributed by atoms with E-state index in [1.807, 2.05) is 37.3 Å². The van der Waals surface area contributed by atoms with Crippen LogP contribution in [0.4, 0.5) is 0 Å². The molecule has 0 aliphatic heterocycles. The van der Waals surface area contributed by atoms with Gasteiger partial charge in [0.1, 0.15) is 11.5 Å². The number of nitrogens with two attached hydrogens (primary N) is 1. The summed E-state index contributed by atoms with van der Waals surface area (Å²) in [6, 6.07) is 9.21. The van der Waals surface area contributed by atoms with Crippen LogP contribution in [0, 0.1) is 6.92 Å². The lowest BCUT2D eigenvalue weighted by atomic mass is 9.98. The summed E-state index contributed by atoms with van der Waals surface area (Å²) in [5, 5.41) is 0. The minimum Gasteiger partial charge on any atom is -0.496 e. The van der Waals surface area contributed by atoms with Gasteiger partial charge in [0.15, 0.2) is 0 Å². The number of ether oxygens (including phenoxy) is 2. The average molecular weight is 273 g/mol. The third kappa shape index (κ3) is 2.59. The van der Waals surface area contributed by atoms with Gasteiger partial charge in [0.2, 0.25) is 0 Å². The highest BCUT2D eigenvalue weighted by molar-refractivity contribution is 5.50. The Hall–Kier alpha value is -2.11. The third-order valence-corrected chi connectivity index (χ3v) is 3.24. The molecule has 0 aliphatic rings. The van der Waals surface area contributed by atoms with Gasteiger partial charge in [0.25, 0.3) is 0 Å². The van der Waals surface area contributed by atoms with Crippen LogP contribution in [0.3, 0.4) is 0 Å². The number of nitrogens with one attached hydrogen (secondary N) is 1. The maximum absolute atomic E-state index is 5.75. The fraction of sp³-hybridized carbons (Fsp3) is 0.267. The van der Waals surface area contributed by atoms with Crippen molar-refractivity contribution in [1.29, 1.82) is 0 Å². The first-order chi connectivity index (χ1) is 9.72. The maximum Gasteiger partial charge on any atom is 0.127 e. The number of hydrogen-bond donors (Lipinski definition) is 2. The van der Waals surface area contributed by atoms with E-state index < -0.39 is 0 Å². The van der Waals surface area contributed by atoms with E-state index >= 15 is 0 Å². The summed E-state index contributed by atoms with van der Waals surface area (Å²) in [7, 11) is 3.24. The van der Waals surface area contributed by atoms with Gasteiger partial charge < -0.3 is 9.47 Å². The molecule has 5 heteroatoms. The van der Waals surface area contributed by atoms with Crippen molar-refractivity contribution in [3.05, 3.63) is 53.3 Å². The minimum atomic E-state index is -0.303. The van der Waals surface area contributed by atoms with Crippen molar-refractivity contribution < 1.29 is 9.47 Å². The molecule has 106 valence electrons. The molecule has 2 rings (SSSR count). The molecule has 1 heterocycles. The fourth-order valence-corrected chi connectivity index (χ4v) is 2.26. The number of aromatic nitrogens is 1. The van der Waals surface area contributed by atoms with E-state index in [0.29, 0.717) is 11.5 Å². The standard InChI is InChI=1S/C15H19N3O2/c1-10-6-5-9-17-14(10)15(18-16)13-11(19-2)7-4-8-12(13)20-3/h4-9,15,18H,16H2,1-3H3. The van der Waals surface area contributed by atoms with Crippen LogP contribution in [-0.2, 0) is 0 Å². The summed E-state index contributed by atoms with van der Waals surface area (Å²) >= 11 is 0. The van der Waals surface area contributed by atoms with Crippen molar-refractivity contribution in [3.63, 3.8) is 0 Å². The number of nitrogens with zero attached hydrogens (tertiary/aromatic N) is 1. The Morgan fingerprint density at radius 3 is 2.25 bits per heavy atom. The second-order valence-corrected chi connectivity index (χ2v) is 4.38. The lowest BCUT2D eigenvalue weighted by Gasteiger charge is -2.22. The van der Waals surface area contributed by atoms with Crippen molar-refractivity contribution in [2.75, 3.05) is 14.2 Å². The fourth-order valence-electron chi connectivity index (χ4n) is 2.26. The topological polar surface area (TPSA) is 69.4 Å². The zero-order chi connectivity index (χ0) is 14.5. The van der Waals surface area contributed by atoms with Crippen molar-refractivity contribution in [2.45, 2.75) is 13.0 Å². The van der Waals surface area contributed by atoms with Gasteiger partial charge in [-0.2, -0.15) is 0 Å². The summed E-state index contributed by atoms with van der Waals surface area (Å²) in [6.07, 6.45) is 1.74. The van der Waals surface area contributed by atoms with E-state index in [2.05, 4.69) is 10.4 Å². The molecule has 0 saturated heterocycles. The Labute approximate surface area is 118 Å². The molecule has 0 radical (unpaired) electrons. The Kier molecular flexibility index (Phi) is 4.55. The first-order valence-electron chi connectivity index (χ1n) is 6.31. The largest absolute Gasteiger partial charge is 0.496 e. The molecule has 1 aromatic carbocycles. The van der Waals surface area contributed by atoms with E-state index in [1.165, 1.54) is 0 Å². The summed E-state index contributed by atoms with van der Waals surface area (Å²) < 4.78 is 10.9. The highest BCUT2D eigenvalue weighted by Gasteiger charge is 2.23. The monoisotopic (exact) mass is 273 g/mol. The highest BCUT2D eigenvalue weighted by atomic mass is 16.5. The van der Waals surface area contributed by atoms with Crippen LogP contribution in [0.2, 0.25) is 0 Å². The summed E-state index contributed by atoms with van der Waals surface area (Å²) in [5.74, 6) is 7.16. The molecule has 0 saturated carbocycles. The number of methoxy groups -OCH3 is 2. The van der Waals surface area contributed by atoms with Gasteiger partial charge in [0.05, 0.1) is 31.5 Å². The lowest BCUT2D eigenvalue weighted by molar-refractivity contribution is 0.376. The zero-order valence-electron chi connectivity index (χ0n) is 11.9. The summed E-state index contributed by atoms with van der Waals surface area (Å²) in [4.78, 5) is 4.42. The minimum absolute atomic E-state index is 0.303. The van der Waals surface area contributed by atoms with Crippen LogP contribution in [0.1, 0.15) is 22.9 Å². The van der Waals surface area contributed by atoms with Gasteiger partial charge in [-0.05, 0) is 30.7 Å². The van der Waals surface area contributed by atoms with Gasteiger partial charge in [-0.1, -0.05) is 12.1 Å². The predicted octanol–water partition coefficient (Wildman–Crippen LogP) is 1.96. The van der Waals surface area contributed by atoms with E-state index in [-0.39, 0.29) is 6.04 Å². The van der Waals surface area contributed by atoms with Crippen LogP contribution in [0.5, 0.6) is 11.5 Å². The molecule has 0 aliphatic carbocycles. The molecule has 0 fully saturated rings. The van der Waals surface area contributed by atoms with E-state index in [9.17, 15) is 0 Å². The van der Waals surface area contributed by atoms with Gasteiger partial charge in [-0.15, -0.1) is 0 Å². The number of pyridine rings is 1. The molecular weight excluding hydrogens is 254 g/mol. The van der Waals surface area contributed by atoms with Crippen molar-refractivity contribution >= 4 is 0 Å². The number of hydrazine groups is 1. The Bertz CT molecular complexity index is 565. The van der Waals surface area contributed by atoms with Crippen LogP contribution in [-0.4, -0.2) is 19.2 Å². The average Bonchev–Trinajstić information content (AvgIpc) is 2.49. The first kappa shape index (κ1) is 14.3. The van der Waals surface area contributed by atoms with E-state index in [0.717, 1.165) is 16.8 Å². The van der Waals surface area contributed by atoms with Gasteiger partial charge in [-0.25, -0.2) is 5.43 Å². The normalized spacial score (nSPS) is 12.0. The molecule has 1 atom stereocenters. The number of aryl methyl sites for hydroxylation is 1. The van der Waals surface area contributed by atoms with Crippen molar-refractivity contribution in [2.24, 2.45) is 5.84 Å². The molecule has 0 spiro atoms. The van der Waals surface area contributed by atoms with E-state index in [1.54, 1.807) is 20.4 Å². The molecule has 1 unspecified atom stereocenters. The zero-order valence-corrected chi connectivity index (χ0v) is 11.9. The van der Waals surface area contributed by atoms with Crippen LogP contribution < -0.4 is 20.7 Å². The Morgan fingerprint density at radius 1 is 1.10 bits per heavy atom. The number of benzene rings is 1. The first-order valence-corrected chi connectivity index (χ1v) is 6.31. The summed E-state index contributed by atoms with van der Waals surface area (Å²) in [6.45, 7) is 1.99. The molecule has 3 N–H and O–H groups in total. The quantitative estimate of drug-likeness (QED) is 0.644. The molecule has 20 heavy (non-hydrogen) atoms. The van der Waals surface area contributed by atoms with Gasteiger partial charge >= 0.3 is 0 Å². The van der Waals surface area contributed by atoms with Gasteiger partial charge in [0, 0.05) is 6.20 Å². The molecule has 0 amide bonds. The SMILES string of the molecule is COc1cccc(OC)c1C(NN)c1ncccc1C. The van der Waals surface area contributed by atoms with Crippen LogP contribution in [0.25, 0.3) is 0 Å². The number of hydrogen-bond acceptors (Lipinski definition) is 5. The van der Waals surface area contributed by atoms with Gasteiger partial charge in [-0.3, -0.25) is 10.8 Å². The lowest BCUT2D eigenvalue weighted by Crippen LogP contribution is -2.30. The van der Waals surface area contributed by atoms with E-state index in [4.69, 9.17) is 15.3 Å². The molecular formula is C15H19N3O2. The van der Waals surface area contributed by atoms with Crippen molar-refractivity contribution in [3.8, 4) is 11.5 Å². The van der Waals surface area contributed by atoms with Crippen LogP contribution >= 0.6 is 0 Å². The van der Waals surface area contributed by atoms with Crippen LogP contribution in [0.15, 0.2) is 36.5 Å². The summed E-state index contributed by atoms with van der Waals surface area (Å²) in [5.41, 5.74) is 5.53. The second kappa shape index (κ2) is 6.36. The molecule has 5 nitrogen and oxygen atoms in total. The highest BCUT2D eigenvalue weighted by Crippen LogP contribution is 2.37. The smallest absolute Gasteiger partial charge is 0.127 e. The Morgan fingerprint density at radius 2 is 1.75 bits per heavy atom. The number of rotatable bonds is 5. The second-order valence-electron chi connectivity index (χ2n) is 4.38. The molecule has 2 aromatic rings. The predicted molar refractivity (Wildman–Crippen MR) is 77.7 cm³/mol.